The highest BCUT2D eigenvalue weighted by Gasteiger charge is 2.33. The van der Waals surface area contributed by atoms with Crippen LogP contribution in [0.1, 0.15) is 51.6 Å². The lowest BCUT2D eigenvalue weighted by Crippen LogP contribution is -2.13. The van der Waals surface area contributed by atoms with Crippen molar-refractivity contribution in [3.8, 4) is 27.5 Å². The lowest BCUT2D eigenvalue weighted by Gasteiger charge is -2.11. The Bertz CT molecular complexity index is 1670. The molecular weight excluding hydrogens is 531 g/mol. The number of rotatable bonds is 8. The Morgan fingerprint density at radius 1 is 1.10 bits per heavy atom. The molecule has 1 aliphatic carbocycles. The van der Waals surface area contributed by atoms with Crippen LogP contribution in [0, 0.1) is 12.7 Å². The first-order chi connectivity index (χ1) is 18.9. The van der Waals surface area contributed by atoms with Crippen molar-refractivity contribution in [2.45, 2.75) is 37.0 Å². The highest BCUT2D eigenvalue weighted by Crippen LogP contribution is 2.45. The molecule has 1 saturated carbocycles. The van der Waals surface area contributed by atoms with Crippen molar-refractivity contribution < 1.29 is 13.7 Å². The van der Waals surface area contributed by atoms with E-state index >= 15 is 0 Å². The minimum absolute atomic E-state index is 0.0899. The van der Waals surface area contributed by atoms with E-state index in [2.05, 4.69) is 54.4 Å². The molecule has 0 radical (unpaired) electrons. The van der Waals surface area contributed by atoms with Crippen LogP contribution in [-0.4, -0.2) is 25.6 Å². The molecule has 2 aromatic heterocycles. The third-order valence-corrected chi connectivity index (χ3v) is 8.53. The van der Waals surface area contributed by atoms with Crippen molar-refractivity contribution in [2.24, 2.45) is 5.14 Å². The zero-order valence-corrected chi connectivity index (χ0v) is 22.8. The molecule has 1 atom stereocenters. The van der Waals surface area contributed by atoms with Gasteiger partial charge in [0.05, 0.1) is 11.4 Å². The maximum atomic E-state index is 14.8. The normalized spacial score (nSPS) is 13.9. The largest absolute Gasteiger partial charge is 0.296 e. The monoisotopic (exact) mass is 557 g/mol. The molecule has 5 aromatic rings. The average Bonchev–Trinajstić information content (AvgIpc) is 3.54. The lowest BCUT2D eigenvalue weighted by molar-refractivity contribution is 0.111. The van der Waals surface area contributed by atoms with Crippen LogP contribution in [0.4, 0.5) is 4.39 Å². The van der Waals surface area contributed by atoms with Gasteiger partial charge in [0, 0.05) is 34.9 Å². The summed E-state index contributed by atoms with van der Waals surface area (Å²) < 4.78 is 26.3. The fourth-order valence-corrected chi connectivity index (χ4v) is 6.00. The van der Waals surface area contributed by atoms with Gasteiger partial charge in [-0.2, -0.15) is 9.65 Å². The lowest BCUT2D eigenvalue weighted by atomic mass is 9.95. The smallest absolute Gasteiger partial charge is 0.275 e. The summed E-state index contributed by atoms with van der Waals surface area (Å²) in [5.41, 5.74) is 8.30. The molecule has 1 aliphatic rings. The Labute approximate surface area is 232 Å². The minimum atomic E-state index is -1.65. The van der Waals surface area contributed by atoms with Gasteiger partial charge >= 0.3 is 0 Å². The molecule has 3 aromatic carbocycles. The molecule has 39 heavy (non-hydrogen) atoms. The van der Waals surface area contributed by atoms with E-state index in [4.69, 9.17) is 10.2 Å². The summed E-state index contributed by atoms with van der Waals surface area (Å²) in [6.45, 7) is 2.07. The van der Waals surface area contributed by atoms with Crippen LogP contribution in [0.15, 0.2) is 77.0 Å². The number of aldehydes is 1. The van der Waals surface area contributed by atoms with Gasteiger partial charge in [-0.05, 0) is 48.6 Å². The molecule has 6 nitrogen and oxygen atoms in total. The Kier molecular flexibility index (Phi) is 6.90. The van der Waals surface area contributed by atoms with Gasteiger partial charge in [-0.25, -0.2) is 14.1 Å². The van der Waals surface area contributed by atoms with Crippen molar-refractivity contribution in [3.05, 3.63) is 106 Å². The molecule has 0 aliphatic heterocycles. The molecule has 1 unspecified atom stereocenters. The predicted octanol–water partition coefficient (Wildman–Crippen LogP) is 6.71. The average molecular weight is 558 g/mol. The summed E-state index contributed by atoms with van der Waals surface area (Å²) in [5.74, 6) is -0.207. The summed E-state index contributed by atoms with van der Waals surface area (Å²) in [6.07, 6.45) is 3.26. The number of hydrogen-bond acceptors (Lipinski definition) is 6. The SMILES string of the molecule is Cc1ccc(-c2cccc(-c3c(Cc4ccc([S+](N)O)c(F)c4)c(C4CC4)nn3-c3nc(C=O)cs3)c2)cc1. The van der Waals surface area contributed by atoms with E-state index in [1.807, 2.05) is 10.7 Å². The Morgan fingerprint density at radius 2 is 1.87 bits per heavy atom. The van der Waals surface area contributed by atoms with E-state index in [1.165, 1.54) is 23.0 Å². The predicted molar refractivity (Wildman–Crippen MR) is 154 cm³/mol. The van der Waals surface area contributed by atoms with Gasteiger partial charge in [0.25, 0.3) is 11.4 Å². The first-order valence-corrected chi connectivity index (χ1v) is 14.7. The third-order valence-electron chi connectivity index (χ3n) is 6.91. The van der Waals surface area contributed by atoms with Crippen LogP contribution in [0.5, 0.6) is 0 Å². The Balaban J connectivity index is 1.53. The van der Waals surface area contributed by atoms with Gasteiger partial charge in [0.15, 0.2) is 12.1 Å². The summed E-state index contributed by atoms with van der Waals surface area (Å²) in [5, 5.41) is 12.9. The molecular formula is C30H26FN4O2S2+. The number of carbonyl (C=O) groups is 1. The minimum Gasteiger partial charge on any atom is -0.296 e. The molecule has 2 heterocycles. The molecule has 0 amide bonds. The Morgan fingerprint density at radius 3 is 2.54 bits per heavy atom. The number of halogens is 1. The highest BCUT2D eigenvalue weighted by molar-refractivity contribution is 7.89. The molecule has 6 rings (SSSR count). The number of carbonyl (C=O) groups excluding carboxylic acids is 1. The van der Waals surface area contributed by atoms with Crippen molar-refractivity contribution in [3.63, 3.8) is 0 Å². The summed E-state index contributed by atoms with van der Waals surface area (Å²) in [6, 6.07) is 21.5. The molecule has 196 valence electrons. The highest BCUT2D eigenvalue weighted by atomic mass is 32.2. The fraction of sp³-hybridized carbons (Fsp3) is 0.167. The number of aryl methyl sites for hydroxylation is 1. The van der Waals surface area contributed by atoms with Gasteiger partial charge in [-0.1, -0.05) is 54.1 Å². The van der Waals surface area contributed by atoms with Gasteiger partial charge in [0.2, 0.25) is 10.0 Å². The van der Waals surface area contributed by atoms with Crippen molar-refractivity contribution >= 4 is 29.0 Å². The van der Waals surface area contributed by atoms with E-state index < -0.39 is 17.2 Å². The molecule has 9 heteroatoms. The van der Waals surface area contributed by atoms with E-state index in [9.17, 15) is 13.7 Å². The first kappa shape index (κ1) is 25.6. The topological polar surface area (TPSA) is 94.0 Å². The number of aromatic nitrogens is 3. The van der Waals surface area contributed by atoms with Crippen molar-refractivity contribution in [1.29, 1.82) is 0 Å². The maximum absolute atomic E-state index is 14.8. The molecule has 3 N–H and O–H groups in total. The van der Waals surface area contributed by atoms with E-state index in [-0.39, 0.29) is 4.90 Å². The Hall–Kier alpha value is -3.63. The standard InChI is InChI=1S/C30H26FN4O2S2/c1-18-5-8-20(9-6-18)22-3-2-4-23(15-22)29-25(13-19-7-12-27(39(32)37)26(31)14-19)28(21-10-11-21)34-35(29)30-33-24(16-36)17-38-30/h2-9,12,14-17,21,37H,10-11,13,32H2,1H3/q+1. The molecule has 0 bridgehead atoms. The number of benzene rings is 3. The van der Waals surface area contributed by atoms with E-state index in [0.29, 0.717) is 23.2 Å². The zero-order valence-electron chi connectivity index (χ0n) is 21.2. The molecule has 0 saturated heterocycles. The summed E-state index contributed by atoms with van der Waals surface area (Å²) in [7, 11) is 0. The van der Waals surface area contributed by atoms with Crippen molar-refractivity contribution in [1.82, 2.24) is 14.8 Å². The van der Waals surface area contributed by atoms with E-state index in [1.54, 1.807) is 17.5 Å². The summed E-state index contributed by atoms with van der Waals surface area (Å²) in [4.78, 5) is 16.0. The van der Waals surface area contributed by atoms with Crippen LogP contribution >= 0.6 is 11.3 Å². The maximum Gasteiger partial charge on any atom is 0.275 e. The second kappa shape index (κ2) is 10.5. The quantitative estimate of drug-likeness (QED) is 0.163. The van der Waals surface area contributed by atoms with Crippen molar-refractivity contribution in [2.75, 3.05) is 0 Å². The van der Waals surface area contributed by atoms with Crippen LogP contribution in [0.2, 0.25) is 0 Å². The van der Waals surface area contributed by atoms with Crippen LogP contribution in [0.3, 0.4) is 0 Å². The van der Waals surface area contributed by atoms with Crippen LogP contribution in [-0.2, 0) is 17.8 Å². The zero-order chi connectivity index (χ0) is 27.1. The van der Waals surface area contributed by atoms with Gasteiger partial charge in [-0.15, -0.1) is 16.5 Å². The number of thiazole rings is 1. The van der Waals surface area contributed by atoms with Crippen LogP contribution < -0.4 is 5.14 Å². The number of nitrogens with two attached hydrogens (primary N) is 1. The second-order valence-electron chi connectivity index (χ2n) is 9.77. The summed E-state index contributed by atoms with van der Waals surface area (Å²) >= 11 is -0.286. The van der Waals surface area contributed by atoms with Gasteiger partial charge < -0.3 is 0 Å². The first-order valence-electron chi connectivity index (χ1n) is 12.6. The van der Waals surface area contributed by atoms with Crippen LogP contribution in [0.25, 0.3) is 27.5 Å². The van der Waals surface area contributed by atoms with E-state index in [0.717, 1.165) is 58.3 Å². The fourth-order valence-electron chi connectivity index (χ4n) is 4.81. The third kappa shape index (κ3) is 5.18. The second-order valence-corrected chi connectivity index (χ2v) is 11.7. The van der Waals surface area contributed by atoms with Gasteiger partial charge in [-0.3, -0.25) is 4.79 Å². The molecule has 0 spiro atoms. The number of nitrogens with zero attached hydrogens (tertiary/aromatic N) is 3. The van der Waals surface area contributed by atoms with Gasteiger partial charge in [0.1, 0.15) is 5.69 Å². The number of hydrogen-bond donors (Lipinski definition) is 2. The molecule has 1 fully saturated rings.